The van der Waals surface area contributed by atoms with Gasteiger partial charge >= 0.3 is 5.69 Å². The van der Waals surface area contributed by atoms with Crippen molar-refractivity contribution in [3.8, 4) is 0 Å². The number of nitrogens with zero attached hydrogens (tertiary/aromatic N) is 5. The third kappa shape index (κ3) is 4.22. The molecular formula is C15H22N8O3S. The number of hydrazine groups is 1. The number of nitro groups is 1. The number of carbonyl (C=O) groups excluding carboxylic acids is 1. The molecule has 11 nitrogen and oxygen atoms in total. The normalized spacial score (nSPS) is 11.7. The molecule has 0 bridgehead atoms. The molecule has 2 aromatic rings. The largest absolute Gasteiger partial charge is 0.329 e. The molecule has 3 N–H and O–H groups in total. The Hall–Kier alpha value is -3.02. The van der Waals surface area contributed by atoms with Gasteiger partial charge in [0.15, 0.2) is 5.11 Å². The highest BCUT2D eigenvalue weighted by atomic mass is 32.1. The lowest BCUT2D eigenvalue weighted by atomic mass is 10.3. The van der Waals surface area contributed by atoms with Crippen molar-refractivity contribution in [1.82, 2.24) is 30.4 Å². The van der Waals surface area contributed by atoms with Gasteiger partial charge in [0.2, 0.25) is 0 Å². The lowest BCUT2D eigenvalue weighted by Gasteiger charge is -2.16. The fraction of sp³-hybridized carbons (Fsp3) is 0.467. The number of thiocarbonyl (C=S) groups is 1. The van der Waals surface area contributed by atoms with Gasteiger partial charge in [0.25, 0.3) is 5.91 Å². The Labute approximate surface area is 161 Å². The summed E-state index contributed by atoms with van der Waals surface area (Å²) in [5, 5.41) is 22.5. The second-order valence-corrected chi connectivity index (χ2v) is 6.33. The fourth-order valence-corrected chi connectivity index (χ4v) is 2.83. The number of anilines is 1. The predicted octanol–water partition coefficient (Wildman–Crippen LogP) is 1.51. The van der Waals surface area contributed by atoms with E-state index in [1.807, 2.05) is 13.8 Å². The van der Waals surface area contributed by atoms with Crippen LogP contribution in [0.3, 0.4) is 0 Å². The first-order chi connectivity index (χ1) is 12.7. The molecule has 0 aliphatic carbocycles. The highest BCUT2D eigenvalue weighted by molar-refractivity contribution is 7.80. The van der Waals surface area contributed by atoms with Crippen LogP contribution in [0.1, 0.15) is 37.0 Å². The van der Waals surface area contributed by atoms with E-state index in [-0.39, 0.29) is 16.5 Å². The molecule has 0 aliphatic heterocycles. The summed E-state index contributed by atoms with van der Waals surface area (Å²) in [6, 6.07) is -0.766. The molecule has 2 rings (SSSR count). The van der Waals surface area contributed by atoms with Gasteiger partial charge in [-0.15, -0.1) is 0 Å². The van der Waals surface area contributed by atoms with Gasteiger partial charge in [-0.2, -0.15) is 10.2 Å². The van der Waals surface area contributed by atoms with E-state index in [1.54, 1.807) is 24.7 Å². The second-order valence-electron chi connectivity index (χ2n) is 5.92. The Kier molecular flexibility index (Phi) is 6.10. The van der Waals surface area contributed by atoms with Crippen LogP contribution in [-0.2, 0) is 11.3 Å². The van der Waals surface area contributed by atoms with E-state index in [1.165, 1.54) is 11.6 Å². The summed E-state index contributed by atoms with van der Waals surface area (Å²) in [5.74, 6) is -0.444. The molecule has 146 valence electrons. The van der Waals surface area contributed by atoms with Crippen LogP contribution in [0, 0.1) is 30.9 Å². The molecular weight excluding hydrogens is 372 g/mol. The summed E-state index contributed by atoms with van der Waals surface area (Å²) >= 11 is 5.16. The molecule has 0 radical (unpaired) electrons. The van der Waals surface area contributed by atoms with Crippen LogP contribution >= 0.6 is 12.2 Å². The van der Waals surface area contributed by atoms with Crippen molar-refractivity contribution in [2.45, 2.75) is 47.2 Å². The summed E-state index contributed by atoms with van der Waals surface area (Å²) in [7, 11) is 0. The van der Waals surface area contributed by atoms with Crippen LogP contribution in [0.4, 0.5) is 11.4 Å². The fourth-order valence-electron chi connectivity index (χ4n) is 2.67. The minimum atomic E-state index is -0.766. The molecule has 2 aromatic heterocycles. The van der Waals surface area contributed by atoms with Gasteiger partial charge < -0.3 is 5.32 Å². The molecule has 12 heteroatoms. The van der Waals surface area contributed by atoms with Crippen molar-refractivity contribution in [2.24, 2.45) is 0 Å². The van der Waals surface area contributed by atoms with Gasteiger partial charge in [-0.25, -0.2) is 0 Å². The molecule has 2 heterocycles. The van der Waals surface area contributed by atoms with E-state index in [0.29, 0.717) is 5.69 Å². The van der Waals surface area contributed by atoms with Crippen LogP contribution < -0.4 is 16.2 Å². The smallest absolute Gasteiger partial charge is 0.312 e. The zero-order valence-corrected chi connectivity index (χ0v) is 16.5. The number of aryl methyl sites for hydroxylation is 2. The van der Waals surface area contributed by atoms with Crippen molar-refractivity contribution < 1.29 is 9.72 Å². The van der Waals surface area contributed by atoms with Crippen molar-refractivity contribution in [3.63, 3.8) is 0 Å². The molecule has 1 atom stereocenters. The maximum atomic E-state index is 12.4. The SMILES string of the molecule is CCn1ncc(NC(=S)NNC(=O)C(C)n2nc(C)c([N+](=O)[O-])c2C)c1C. The number of aromatic nitrogens is 4. The van der Waals surface area contributed by atoms with Crippen molar-refractivity contribution in [2.75, 3.05) is 5.32 Å². The van der Waals surface area contributed by atoms with E-state index < -0.39 is 16.9 Å². The Morgan fingerprint density at radius 2 is 2.00 bits per heavy atom. The first-order valence-corrected chi connectivity index (χ1v) is 8.67. The molecule has 0 spiro atoms. The van der Waals surface area contributed by atoms with E-state index in [2.05, 4.69) is 26.4 Å². The molecule has 0 saturated heterocycles. The zero-order valence-electron chi connectivity index (χ0n) is 15.7. The van der Waals surface area contributed by atoms with Gasteiger partial charge in [0.1, 0.15) is 17.4 Å². The molecule has 1 amide bonds. The maximum Gasteiger partial charge on any atom is 0.312 e. The van der Waals surface area contributed by atoms with Gasteiger partial charge in [-0.3, -0.25) is 35.1 Å². The van der Waals surface area contributed by atoms with E-state index in [0.717, 1.165) is 17.9 Å². The summed E-state index contributed by atoms with van der Waals surface area (Å²) in [4.78, 5) is 22.9. The number of carbonyl (C=O) groups is 1. The van der Waals surface area contributed by atoms with E-state index >= 15 is 0 Å². The average molecular weight is 394 g/mol. The van der Waals surface area contributed by atoms with E-state index in [4.69, 9.17) is 12.2 Å². The topological polar surface area (TPSA) is 132 Å². The first kappa shape index (κ1) is 20.3. The van der Waals surface area contributed by atoms with Crippen LogP contribution in [0.5, 0.6) is 0 Å². The summed E-state index contributed by atoms with van der Waals surface area (Å²) < 4.78 is 3.12. The third-order valence-corrected chi connectivity index (χ3v) is 4.37. The van der Waals surface area contributed by atoms with Crippen molar-refractivity contribution >= 4 is 34.6 Å². The van der Waals surface area contributed by atoms with Crippen LogP contribution in [-0.4, -0.2) is 35.5 Å². The highest BCUT2D eigenvalue weighted by Crippen LogP contribution is 2.24. The lowest BCUT2D eigenvalue weighted by Crippen LogP contribution is -2.46. The minimum Gasteiger partial charge on any atom is -0.329 e. The molecule has 0 fully saturated rings. The molecule has 0 aromatic carbocycles. The lowest BCUT2D eigenvalue weighted by molar-refractivity contribution is -0.386. The summed E-state index contributed by atoms with van der Waals surface area (Å²) in [6.45, 7) is 9.28. The first-order valence-electron chi connectivity index (χ1n) is 8.26. The minimum absolute atomic E-state index is 0.0943. The van der Waals surface area contributed by atoms with Gasteiger partial charge in [0.05, 0.1) is 22.5 Å². The summed E-state index contributed by atoms with van der Waals surface area (Å²) in [6.07, 6.45) is 1.65. The number of rotatable bonds is 5. The maximum absolute atomic E-state index is 12.4. The monoisotopic (exact) mass is 394 g/mol. The number of nitrogens with one attached hydrogen (secondary N) is 3. The third-order valence-electron chi connectivity index (χ3n) is 4.17. The predicted molar refractivity (Wildman–Crippen MR) is 103 cm³/mol. The molecule has 0 saturated carbocycles. The van der Waals surface area contributed by atoms with E-state index in [9.17, 15) is 14.9 Å². The quantitative estimate of drug-likeness (QED) is 0.395. The van der Waals surface area contributed by atoms with Crippen LogP contribution in [0.25, 0.3) is 0 Å². The van der Waals surface area contributed by atoms with Gasteiger partial charge in [0, 0.05) is 6.54 Å². The Morgan fingerprint density at radius 3 is 2.52 bits per heavy atom. The zero-order chi connectivity index (χ0) is 20.3. The van der Waals surface area contributed by atoms with Crippen molar-refractivity contribution in [3.05, 3.63) is 33.4 Å². The molecule has 1 unspecified atom stereocenters. The molecule has 0 aliphatic rings. The standard InChI is InChI=1S/C15H22N8O3S/c1-6-21-9(3)12(7-16-21)17-15(27)19-18-14(24)11(5)22-10(4)13(23(25)26)8(2)20-22/h7,11H,6H2,1-5H3,(H,18,24)(H2,17,19,27). The second kappa shape index (κ2) is 8.12. The molecule has 27 heavy (non-hydrogen) atoms. The summed E-state index contributed by atoms with van der Waals surface area (Å²) in [5.41, 5.74) is 7.19. The Bertz CT molecular complexity index is 888. The average Bonchev–Trinajstić information content (AvgIpc) is 3.11. The van der Waals surface area contributed by atoms with Crippen LogP contribution in [0.2, 0.25) is 0 Å². The number of amides is 1. The highest BCUT2D eigenvalue weighted by Gasteiger charge is 2.27. The number of hydrogen-bond donors (Lipinski definition) is 3. The van der Waals surface area contributed by atoms with Gasteiger partial charge in [-0.05, 0) is 46.8 Å². The van der Waals surface area contributed by atoms with Gasteiger partial charge in [-0.1, -0.05) is 0 Å². The number of hydrogen-bond acceptors (Lipinski definition) is 6. The van der Waals surface area contributed by atoms with Crippen LogP contribution in [0.15, 0.2) is 6.20 Å². The van der Waals surface area contributed by atoms with Crippen molar-refractivity contribution in [1.29, 1.82) is 0 Å². The Balaban J connectivity index is 1.99. The Morgan fingerprint density at radius 1 is 1.33 bits per heavy atom.